The zero-order valence-electron chi connectivity index (χ0n) is 32.4. The lowest BCUT2D eigenvalue weighted by Crippen LogP contribution is -2.57. The second kappa shape index (κ2) is 10.7. The summed E-state index contributed by atoms with van der Waals surface area (Å²) in [6, 6.07) is 39.9. The number of anilines is 3. The summed E-state index contributed by atoms with van der Waals surface area (Å²) in [6.45, 7) is 14.7. The van der Waals surface area contributed by atoms with E-state index in [1.54, 1.807) is 0 Å². The van der Waals surface area contributed by atoms with E-state index in [4.69, 9.17) is 4.74 Å². The highest BCUT2D eigenvalue weighted by molar-refractivity contribution is 5.87. The van der Waals surface area contributed by atoms with E-state index in [0.717, 1.165) is 23.3 Å². The number of hydrogen-bond donors (Lipinski definition) is 0. The molecule has 53 heavy (non-hydrogen) atoms. The van der Waals surface area contributed by atoms with E-state index in [1.165, 1.54) is 107 Å². The lowest BCUT2D eigenvalue weighted by molar-refractivity contribution is -0.0452. The molecule has 12 rings (SSSR count). The number of ether oxygens (including phenoxy) is 1. The maximum atomic E-state index is 6.91. The van der Waals surface area contributed by atoms with Crippen LogP contribution in [-0.2, 0) is 21.7 Å². The van der Waals surface area contributed by atoms with Crippen LogP contribution in [0.5, 0.6) is 11.5 Å². The van der Waals surface area contributed by atoms with E-state index in [2.05, 4.69) is 150 Å². The third-order valence-corrected chi connectivity index (χ3v) is 15.5. The van der Waals surface area contributed by atoms with Crippen LogP contribution in [0.2, 0.25) is 0 Å². The minimum Gasteiger partial charge on any atom is -0.457 e. The molecule has 1 spiro atoms. The first kappa shape index (κ1) is 32.2. The fourth-order valence-electron chi connectivity index (χ4n) is 13.2. The topological polar surface area (TPSA) is 12.5 Å². The van der Waals surface area contributed by atoms with Gasteiger partial charge in [0.15, 0.2) is 0 Å². The minimum absolute atomic E-state index is 0.00176. The van der Waals surface area contributed by atoms with Gasteiger partial charge in [0.1, 0.15) is 11.5 Å². The summed E-state index contributed by atoms with van der Waals surface area (Å²) in [5.41, 5.74) is 15.4. The average molecular weight is 696 g/mol. The molecule has 0 unspecified atom stereocenters. The summed E-state index contributed by atoms with van der Waals surface area (Å²) in [6.07, 6.45) is 9.23. The van der Waals surface area contributed by atoms with Crippen LogP contribution in [0, 0.1) is 23.7 Å². The van der Waals surface area contributed by atoms with E-state index in [-0.39, 0.29) is 21.7 Å². The standard InChI is InChI=1S/C51H53NO/c1-48(2)22-23-49(3,4)47-41(48)15-11-16-44(47)52(35-18-20-38-37-12-7-8-13-39(37)50(5,6)42(38)29-35)36-19-21-46-43(30-36)51(40-14-9-10-17-45(40)53-46)33-25-31-24-32(27-33)28-34(51)26-31/h7-21,29-34H,22-28H2,1-6H3. The number of nitrogens with zero attached hydrogens (tertiary/aromatic N) is 1. The number of hydrogen-bond acceptors (Lipinski definition) is 2. The molecule has 4 saturated carbocycles. The zero-order chi connectivity index (χ0) is 36.1. The molecule has 6 aliphatic carbocycles. The summed E-state index contributed by atoms with van der Waals surface area (Å²) in [4.78, 5) is 2.64. The van der Waals surface area contributed by atoms with Gasteiger partial charge in [-0.1, -0.05) is 102 Å². The molecule has 1 heterocycles. The van der Waals surface area contributed by atoms with Crippen LogP contribution in [0.25, 0.3) is 11.1 Å². The number of fused-ring (bicyclic) bond motifs is 6. The molecule has 2 heteroatoms. The van der Waals surface area contributed by atoms with E-state index in [1.807, 2.05) is 0 Å². The molecule has 7 aliphatic rings. The maximum Gasteiger partial charge on any atom is 0.131 e. The first-order valence-electron chi connectivity index (χ1n) is 20.6. The first-order valence-corrected chi connectivity index (χ1v) is 20.6. The van der Waals surface area contributed by atoms with Crippen LogP contribution in [0.4, 0.5) is 17.1 Å². The molecular weight excluding hydrogens is 643 g/mol. The molecule has 1 aliphatic heterocycles. The van der Waals surface area contributed by atoms with Crippen molar-refractivity contribution >= 4 is 17.1 Å². The van der Waals surface area contributed by atoms with Crippen LogP contribution < -0.4 is 9.64 Å². The Hall–Kier alpha value is -4.30. The van der Waals surface area contributed by atoms with Crippen molar-refractivity contribution in [2.45, 2.75) is 108 Å². The van der Waals surface area contributed by atoms with Crippen LogP contribution >= 0.6 is 0 Å². The van der Waals surface area contributed by atoms with Gasteiger partial charge in [0.25, 0.3) is 0 Å². The summed E-state index contributed by atoms with van der Waals surface area (Å²) in [5, 5.41) is 0. The van der Waals surface area contributed by atoms with Gasteiger partial charge in [-0.05, 0) is 155 Å². The Labute approximate surface area is 316 Å². The van der Waals surface area contributed by atoms with Crippen molar-refractivity contribution in [3.63, 3.8) is 0 Å². The zero-order valence-corrected chi connectivity index (χ0v) is 32.4. The molecule has 0 N–H and O–H groups in total. The Kier molecular flexibility index (Phi) is 6.48. The van der Waals surface area contributed by atoms with Crippen LogP contribution in [-0.4, -0.2) is 0 Å². The van der Waals surface area contributed by atoms with Crippen molar-refractivity contribution < 1.29 is 4.74 Å². The predicted molar refractivity (Wildman–Crippen MR) is 218 cm³/mol. The Bertz CT molecular complexity index is 2310. The second-order valence-corrected chi connectivity index (χ2v) is 19.7. The molecule has 4 bridgehead atoms. The van der Waals surface area contributed by atoms with E-state index in [0.29, 0.717) is 11.8 Å². The SMILES string of the molecule is CC1(C)CCC(C)(C)c2c(N(c3ccc4c(c3)C(C)(C)c3ccccc3-4)c3ccc4c(c3)C3(c5ccccc5O4)C4CC5CC(C4)CC3C5)cccc21. The number of benzene rings is 5. The largest absolute Gasteiger partial charge is 0.457 e. The van der Waals surface area contributed by atoms with Crippen molar-refractivity contribution in [3.05, 3.63) is 137 Å². The quantitative estimate of drug-likeness (QED) is 0.186. The van der Waals surface area contributed by atoms with Gasteiger partial charge in [-0.15, -0.1) is 0 Å². The number of rotatable bonds is 3. The van der Waals surface area contributed by atoms with Crippen molar-refractivity contribution in [2.24, 2.45) is 23.7 Å². The molecule has 268 valence electrons. The van der Waals surface area contributed by atoms with E-state index < -0.39 is 0 Å². The molecule has 0 atom stereocenters. The van der Waals surface area contributed by atoms with Gasteiger partial charge in [0.2, 0.25) is 0 Å². The molecule has 0 amide bonds. The molecule has 0 aromatic heterocycles. The third kappa shape index (κ3) is 4.27. The molecule has 5 aromatic carbocycles. The third-order valence-electron chi connectivity index (χ3n) is 15.5. The summed E-state index contributed by atoms with van der Waals surface area (Å²) in [7, 11) is 0. The van der Waals surface area contributed by atoms with Gasteiger partial charge in [0, 0.05) is 33.3 Å². The van der Waals surface area contributed by atoms with Crippen molar-refractivity contribution in [3.8, 4) is 22.6 Å². The maximum absolute atomic E-state index is 6.91. The van der Waals surface area contributed by atoms with Gasteiger partial charge >= 0.3 is 0 Å². The molecule has 0 radical (unpaired) electrons. The van der Waals surface area contributed by atoms with Crippen LogP contribution in [0.15, 0.2) is 103 Å². The second-order valence-electron chi connectivity index (χ2n) is 19.7. The Morgan fingerprint density at radius 3 is 1.85 bits per heavy atom. The van der Waals surface area contributed by atoms with Crippen LogP contribution in [0.3, 0.4) is 0 Å². The molecule has 4 fully saturated rings. The molecule has 0 saturated heterocycles. The van der Waals surface area contributed by atoms with E-state index >= 15 is 0 Å². The summed E-state index contributed by atoms with van der Waals surface area (Å²) in [5.74, 6) is 5.26. The summed E-state index contributed by atoms with van der Waals surface area (Å²) < 4.78 is 6.91. The van der Waals surface area contributed by atoms with Crippen molar-refractivity contribution in [2.75, 3.05) is 4.90 Å². The lowest BCUT2D eigenvalue weighted by atomic mass is 9.42. The fraction of sp³-hybridized carbons (Fsp3) is 0.412. The summed E-state index contributed by atoms with van der Waals surface area (Å²) >= 11 is 0. The van der Waals surface area contributed by atoms with Gasteiger partial charge in [0.05, 0.1) is 5.69 Å². The van der Waals surface area contributed by atoms with E-state index in [9.17, 15) is 0 Å². The van der Waals surface area contributed by atoms with Crippen LogP contribution in [0.1, 0.15) is 120 Å². The van der Waals surface area contributed by atoms with Gasteiger partial charge in [-0.2, -0.15) is 0 Å². The molecule has 5 aromatic rings. The highest BCUT2D eigenvalue weighted by atomic mass is 16.5. The lowest BCUT2D eigenvalue weighted by Gasteiger charge is -2.63. The first-order chi connectivity index (χ1) is 25.5. The van der Waals surface area contributed by atoms with Gasteiger partial charge in [-0.25, -0.2) is 0 Å². The Morgan fingerprint density at radius 2 is 1.09 bits per heavy atom. The Morgan fingerprint density at radius 1 is 0.509 bits per heavy atom. The average Bonchev–Trinajstić information content (AvgIpc) is 3.37. The monoisotopic (exact) mass is 695 g/mol. The highest BCUT2D eigenvalue weighted by Crippen LogP contribution is 2.69. The highest BCUT2D eigenvalue weighted by Gasteiger charge is 2.61. The van der Waals surface area contributed by atoms with Crippen molar-refractivity contribution in [1.82, 2.24) is 0 Å². The number of para-hydroxylation sites is 1. The molecule has 2 nitrogen and oxygen atoms in total. The fourth-order valence-corrected chi connectivity index (χ4v) is 13.2. The normalized spacial score (nSPS) is 28.3. The van der Waals surface area contributed by atoms with Crippen molar-refractivity contribution in [1.29, 1.82) is 0 Å². The molecular formula is C51H53NO. The minimum atomic E-state index is -0.0805. The Balaban J connectivity index is 1.17. The van der Waals surface area contributed by atoms with Gasteiger partial charge < -0.3 is 9.64 Å². The smallest absolute Gasteiger partial charge is 0.131 e. The van der Waals surface area contributed by atoms with Gasteiger partial charge in [-0.3, -0.25) is 0 Å². The predicted octanol–water partition coefficient (Wildman–Crippen LogP) is 13.7.